The number of ether oxygens (including phenoxy) is 1. The van der Waals surface area contributed by atoms with E-state index in [9.17, 15) is 68.1 Å². The molecule has 3 unspecified atom stereocenters. The average molecular weight is 1060 g/mol. The number of carbonyl (C=O) groups excluding carboxylic acids is 11. The summed E-state index contributed by atoms with van der Waals surface area (Å²) >= 11 is 0. The minimum atomic E-state index is -2.49. The quantitative estimate of drug-likeness (QED) is 0.0888. The molecule has 14 N–H and O–H groups in total. The van der Waals surface area contributed by atoms with Gasteiger partial charge in [-0.1, -0.05) is 34.1 Å². The van der Waals surface area contributed by atoms with Gasteiger partial charge in [-0.05, 0) is 17.5 Å². The van der Waals surface area contributed by atoms with Crippen molar-refractivity contribution in [1.82, 2.24) is 52.6 Å². The number of rotatable bonds is 12. The number of hydrogen-bond acceptors (Lipinski definition) is 17. The Labute approximate surface area is 426 Å². The topological polar surface area (TPSA) is 416 Å². The molecule has 406 valence electrons. The number of hydrazine groups is 1. The number of primary amides is 1. The number of carbonyl (C=O) groups is 11. The van der Waals surface area contributed by atoms with Gasteiger partial charge in [0.05, 0.1) is 65.9 Å². The van der Waals surface area contributed by atoms with Gasteiger partial charge in [-0.2, -0.15) is 0 Å². The van der Waals surface area contributed by atoms with Crippen LogP contribution in [0.1, 0.15) is 70.9 Å². The number of ketones is 2. The van der Waals surface area contributed by atoms with Gasteiger partial charge in [0.2, 0.25) is 47.3 Å². The Balaban J connectivity index is 1.82. The fourth-order valence-corrected chi connectivity index (χ4v) is 10.3. The zero-order valence-electron chi connectivity index (χ0n) is 41.5. The third-order valence-electron chi connectivity index (χ3n) is 13.2. The lowest BCUT2D eigenvalue weighted by molar-refractivity contribution is -0.145. The Hall–Kier alpha value is -6.88. The SMILES string of the molecule is CCC(=O)Cc1cc2c3c([nH]c2cc1OC(=O)NNC)S(=O)C[C@@H]1NC(=O)CNC(=O)[C@H]([C@@H](C)CC)NC(=O)CNC(=O)[C@H](C3)NC(=O)[C@H](C(C)C(O)CO)NC(=O)[C@@H]2C[C@@H](O)CN2C(=O)[C@H](CC(N)=O)CC1=O. The molecule has 11 atom stereocenters. The average Bonchev–Trinajstić information content (AvgIpc) is 3.92. The molecule has 0 radical (unpaired) electrons. The molecule has 28 heteroatoms. The predicted molar refractivity (Wildman–Crippen MR) is 259 cm³/mol. The van der Waals surface area contributed by atoms with Crippen LogP contribution in [0.2, 0.25) is 0 Å². The summed E-state index contributed by atoms with van der Waals surface area (Å²) < 4.78 is 20.6. The Bertz CT molecular complexity index is 2560. The monoisotopic (exact) mass is 1060 g/mol. The zero-order valence-corrected chi connectivity index (χ0v) is 42.3. The summed E-state index contributed by atoms with van der Waals surface area (Å²) in [6, 6.07) is -5.60. The summed E-state index contributed by atoms with van der Waals surface area (Å²) in [5.41, 5.74) is 10.4. The summed E-state index contributed by atoms with van der Waals surface area (Å²) in [7, 11) is -1.10. The van der Waals surface area contributed by atoms with Crippen molar-refractivity contribution in [2.45, 2.75) is 120 Å². The molecule has 9 amide bonds. The molecular formula is C46H65N11O16S. The van der Waals surface area contributed by atoms with E-state index in [-0.39, 0.29) is 51.4 Å². The molecule has 5 rings (SSSR count). The fraction of sp³-hybridized carbons (Fsp3) is 0.587. The number of nitrogens with zero attached hydrogens (tertiary/aromatic N) is 1. The maximum atomic E-state index is 15.1. The number of aromatic amines is 1. The first kappa shape index (κ1) is 58.0. The molecule has 3 aliphatic rings. The molecule has 0 aliphatic carbocycles. The van der Waals surface area contributed by atoms with Gasteiger partial charge in [-0.15, -0.1) is 0 Å². The second-order valence-corrected chi connectivity index (χ2v) is 20.0. The van der Waals surface area contributed by atoms with Crippen molar-refractivity contribution in [1.29, 1.82) is 0 Å². The van der Waals surface area contributed by atoms with Crippen LogP contribution < -0.4 is 53.2 Å². The highest BCUT2D eigenvalue weighted by Gasteiger charge is 2.45. The van der Waals surface area contributed by atoms with Crippen molar-refractivity contribution in [3.8, 4) is 5.75 Å². The number of nitrogens with two attached hydrogens (primary N) is 1. The van der Waals surface area contributed by atoms with Gasteiger partial charge >= 0.3 is 6.09 Å². The summed E-state index contributed by atoms with van der Waals surface area (Å²) in [5, 5.41) is 46.4. The van der Waals surface area contributed by atoms with E-state index in [4.69, 9.17) is 10.5 Å². The zero-order chi connectivity index (χ0) is 54.7. The number of amides is 9. The van der Waals surface area contributed by atoms with Gasteiger partial charge in [-0.25, -0.2) is 10.2 Å². The third kappa shape index (κ3) is 14.4. The van der Waals surface area contributed by atoms with E-state index < -0.39 is 188 Å². The van der Waals surface area contributed by atoms with Gasteiger partial charge in [0, 0.05) is 75.1 Å². The number of Topliss-reactive ketones (excluding diaryl/α,β-unsaturated/α-hetero) is 2. The molecule has 74 heavy (non-hydrogen) atoms. The largest absolute Gasteiger partial charge is 0.427 e. The van der Waals surface area contributed by atoms with Crippen molar-refractivity contribution in [3.63, 3.8) is 0 Å². The van der Waals surface area contributed by atoms with Gasteiger partial charge in [-0.3, -0.25) is 57.6 Å². The second kappa shape index (κ2) is 25.9. The molecule has 3 aliphatic heterocycles. The lowest BCUT2D eigenvalue weighted by Gasteiger charge is -2.32. The maximum absolute atomic E-state index is 15.1. The van der Waals surface area contributed by atoms with Gasteiger partial charge in [0.25, 0.3) is 0 Å². The van der Waals surface area contributed by atoms with E-state index in [1.54, 1.807) is 20.8 Å². The summed E-state index contributed by atoms with van der Waals surface area (Å²) in [6.07, 6.45) is -6.71. The standard InChI is InChI=1S/C46H65N11O16S/c1-6-20(3)38-42(68)50-15-36(64)51-30-19-74(72)44-27(26-9-22(8-24(59)7-2)34(14-28(26)53-44)73-46(71)56-48-5)13-29(40(66)49-16-37(65)54-38)52-43(69)39(21(4)33(62)18-58)55-41(67)31-12-25(60)17-57(31)45(70)23(10-32(30)61)11-35(47)63/h9,14,20-21,23,25,29-31,33,38-39,48,53,58,60,62H,6-8,10-13,15-19H2,1-5H3,(H2,47,63)(H,49,66)(H,50,68)(H,51,64)(H,52,69)(H,54,65)(H,55,67)(H,56,71)/t20-,21?,23-,25+,29-,30-,31-,33?,38-,39-,74?/m0/s1. The molecule has 0 spiro atoms. The van der Waals surface area contributed by atoms with Crippen molar-refractivity contribution in [3.05, 3.63) is 23.3 Å². The number of aromatic nitrogens is 1. The highest BCUT2D eigenvalue weighted by atomic mass is 32.2. The van der Waals surface area contributed by atoms with Crippen LogP contribution in [0.3, 0.4) is 0 Å². The number of aliphatic hydroxyl groups is 3. The van der Waals surface area contributed by atoms with Crippen LogP contribution in [-0.4, -0.2) is 176 Å². The normalized spacial score (nSPS) is 26.2. The Kier molecular flexibility index (Phi) is 20.3. The van der Waals surface area contributed by atoms with E-state index in [1.165, 1.54) is 26.1 Å². The van der Waals surface area contributed by atoms with Gasteiger partial charge < -0.3 is 67.6 Å². The van der Waals surface area contributed by atoms with Crippen LogP contribution in [0.15, 0.2) is 17.2 Å². The first-order valence-corrected chi connectivity index (χ1v) is 25.4. The molecule has 0 saturated carbocycles. The smallest absolute Gasteiger partial charge is 0.409 e. The van der Waals surface area contributed by atoms with Crippen LogP contribution in [-0.2, 0) is 71.6 Å². The molecule has 1 aromatic heterocycles. The molecule has 4 heterocycles. The summed E-state index contributed by atoms with van der Waals surface area (Å²) in [4.78, 5) is 156. The molecule has 27 nitrogen and oxygen atoms in total. The van der Waals surface area contributed by atoms with Crippen LogP contribution in [0.25, 0.3) is 10.9 Å². The van der Waals surface area contributed by atoms with Crippen molar-refractivity contribution < 1.29 is 77.0 Å². The number of hydrogen-bond donors (Lipinski definition) is 13. The number of benzene rings is 1. The van der Waals surface area contributed by atoms with Crippen molar-refractivity contribution in [2.75, 3.05) is 39.0 Å². The molecular weight excluding hydrogens is 995 g/mol. The van der Waals surface area contributed by atoms with E-state index in [1.807, 2.05) is 0 Å². The van der Waals surface area contributed by atoms with Gasteiger partial charge in [0.1, 0.15) is 40.7 Å². The van der Waals surface area contributed by atoms with Crippen LogP contribution in [0.4, 0.5) is 4.79 Å². The van der Waals surface area contributed by atoms with E-state index in [0.29, 0.717) is 6.42 Å². The summed E-state index contributed by atoms with van der Waals surface area (Å²) in [5.74, 6) is -13.9. The minimum absolute atomic E-state index is 0.0232. The van der Waals surface area contributed by atoms with Crippen LogP contribution >= 0.6 is 0 Å². The second-order valence-electron chi connectivity index (χ2n) is 18.6. The summed E-state index contributed by atoms with van der Waals surface area (Å²) in [6.45, 7) is 3.21. The van der Waals surface area contributed by atoms with Gasteiger partial charge in [0.15, 0.2) is 5.78 Å². The lowest BCUT2D eigenvalue weighted by Crippen LogP contribution is -2.61. The Morgan fingerprint density at radius 3 is 2.20 bits per heavy atom. The van der Waals surface area contributed by atoms with Crippen molar-refractivity contribution in [2.24, 2.45) is 23.5 Å². The first-order valence-electron chi connectivity index (χ1n) is 24.1. The number of fused-ring (bicyclic) bond motifs is 5. The first-order chi connectivity index (χ1) is 35.0. The highest BCUT2D eigenvalue weighted by Crippen LogP contribution is 2.34. The minimum Gasteiger partial charge on any atom is -0.409 e. The Morgan fingerprint density at radius 1 is 0.892 bits per heavy atom. The van der Waals surface area contributed by atoms with Crippen LogP contribution in [0.5, 0.6) is 5.75 Å². The fourth-order valence-electron chi connectivity index (χ4n) is 8.85. The molecule has 1 aromatic carbocycles. The molecule has 1 saturated heterocycles. The molecule has 2 bridgehead atoms. The maximum Gasteiger partial charge on any atom is 0.427 e. The van der Waals surface area contributed by atoms with E-state index in [2.05, 4.69) is 47.7 Å². The van der Waals surface area contributed by atoms with E-state index in [0.717, 1.165) is 4.90 Å². The third-order valence-corrected chi connectivity index (χ3v) is 14.7. The number of H-pyrrole nitrogens is 1. The molecule has 1 fully saturated rings. The number of nitrogens with one attached hydrogen (secondary N) is 9. The lowest BCUT2D eigenvalue weighted by atomic mass is 9.93. The van der Waals surface area contributed by atoms with E-state index >= 15 is 4.21 Å². The Morgan fingerprint density at radius 2 is 1.57 bits per heavy atom. The van der Waals surface area contributed by atoms with Crippen LogP contribution in [0, 0.1) is 17.8 Å². The highest BCUT2D eigenvalue weighted by molar-refractivity contribution is 7.85. The predicted octanol–water partition coefficient (Wildman–Crippen LogP) is -4.79. The van der Waals surface area contributed by atoms with Crippen molar-refractivity contribution >= 4 is 86.6 Å². The number of aliphatic hydroxyl groups excluding tert-OH is 3. The molecule has 2 aromatic rings.